The topological polar surface area (TPSA) is 22.8 Å². The summed E-state index contributed by atoms with van der Waals surface area (Å²) in [4.78, 5) is 5.39. The third-order valence-corrected chi connectivity index (χ3v) is 12.3. The highest BCUT2D eigenvalue weighted by Gasteiger charge is 2.18. The van der Waals surface area contributed by atoms with Crippen molar-refractivity contribution in [3.05, 3.63) is 237 Å². The van der Waals surface area contributed by atoms with Gasteiger partial charge in [0.25, 0.3) is 0 Å². The van der Waals surface area contributed by atoms with Crippen molar-refractivity contribution in [1.82, 2.24) is 14.1 Å². The Morgan fingerprint density at radius 2 is 0.629 bits per heavy atom. The van der Waals surface area contributed by atoms with Crippen molar-refractivity contribution in [3.63, 3.8) is 0 Å². The van der Waals surface area contributed by atoms with Gasteiger partial charge in [0, 0.05) is 32.8 Å². The zero-order chi connectivity index (χ0) is 41.0. The van der Waals surface area contributed by atoms with Crippen LogP contribution in [0.3, 0.4) is 0 Å². The van der Waals surface area contributed by atoms with Gasteiger partial charge in [-0.2, -0.15) is 0 Å². The van der Waals surface area contributed by atoms with E-state index in [2.05, 4.69) is 246 Å². The van der Waals surface area contributed by atoms with Crippen LogP contribution in [0.5, 0.6) is 0 Å². The molecule has 0 fully saturated rings. The maximum Gasteiger partial charge on any atom is 0.138 e. The molecule has 0 saturated carbocycles. The molecule has 0 aliphatic heterocycles. The average Bonchev–Trinajstić information content (AvgIpc) is 3.87. The van der Waals surface area contributed by atoms with Crippen molar-refractivity contribution in [2.75, 3.05) is 0 Å². The first-order chi connectivity index (χ1) is 30.7. The van der Waals surface area contributed by atoms with E-state index in [4.69, 9.17) is 4.98 Å². The lowest BCUT2D eigenvalue weighted by Gasteiger charge is -2.13. The minimum atomic E-state index is 0.889. The molecule has 0 spiro atoms. The summed E-state index contributed by atoms with van der Waals surface area (Å²) in [5.74, 6) is 0.889. The predicted molar refractivity (Wildman–Crippen MR) is 260 cm³/mol. The number of aromatic nitrogens is 3. The highest BCUT2D eigenvalue weighted by molar-refractivity contribution is 6.12. The average molecular weight is 790 g/mol. The van der Waals surface area contributed by atoms with Gasteiger partial charge in [0.05, 0.1) is 27.8 Å². The smallest absolute Gasteiger partial charge is 0.138 e. The highest BCUT2D eigenvalue weighted by atomic mass is 15.1. The number of para-hydroxylation sites is 2. The molecule has 3 heteroatoms. The fourth-order valence-corrected chi connectivity index (χ4v) is 9.30. The molecule has 0 bridgehead atoms. The minimum Gasteiger partial charge on any atom is -0.309 e. The molecule has 0 saturated heterocycles. The second-order valence-electron chi connectivity index (χ2n) is 16.0. The Hall–Kier alpha value is -8.27. The Morgan fingerprint density at radius 3 is 1.18 bits per heavy atom. The Bertz CT molecular complexity index is 3520. The van der Waals surface area contributed by atoms with Gasteiger partial charge in [-0.15, -0.1) is 0 Å². The first kappa shape index (κ1) is 35.7. The number of benzene rings is 9. The molecule has 0 aliphatic carbocycles. The second-order valence-corrected chi connectivity index (χ2v) is 16.0. The van der Waals surface area contributed by atoms with Gasteiger partial charge in [-0.25, -0.2) is 4.98 Å². The number of pyridine rings is 1. The summed E-state index contributed by atoms with van der Waals surface area (Å²) in [5, 5.41) is 4.87. The molecule has 0 unspecified atom stereocenters. The zero-order valence-corrected chi connectivity index (χ0v) is 33.9. The van der Waals surface area contributed by atoms with Crippen LogP contribution >= 0.6 is 0 Å². The zero-order valence-electron chi connectivity index (χ0n) is 33.9. The van der Waals surface area contributed by atoms with Crippen LogP contribution in [0.1, 0.15) is 0 Å². The summed E-state index contributed by atoms with van der Waals surface area (Å²) in [7, 11) is 0. The molecule has 3 aromatic heterocycles. The summed E-state index contributed by atoms with van der Waals surface area (Å²) in [6.07, 6.45) is 0. The van der Waals surface area contributed by atoms with E-state index < -0.39 is 0 Å². The highest BCUT2D eigenvalue weighted by Crippen LogP contribution is 2.39. The van der Waals surface area contributed by atoms with E-state index in [-0.39, 0.29) is 0 Å². The van der Waals surface area contributed by atoms with Gasteiger partial charge in [-0.1, -0.05) is 188 Å². The van der Waals surface area contributed by atoms with Crippen LogP contribution in [-0.2, 0) is 0 Å². The summed E-state index contributed by atoms with van der Waals surface area (Å²) < 4.78 is 4.76. The minimum absolute atomic E-state index is 0.889. The van der Waals surface area contributed by atoms with Crippen molar-refractivity contribution >= 4 is 43.6 Å². The van der Waals surface area contributed by atoms with Gasteiger partial charge in [0.2, 0.25) is 0 Å². The van der Waals surface area contributed by atoms with Crippen LogP contribution in [0, 0.1) is 0 Å². The van der Waals surface area contributed by atoms with E-state index in [9.17, 15) is 0 Å². The predicted octanol–water partition coefficient (Wildman–Crippen LogP) is 15.6. The summed E-state index contributed by atoms with van der Waals surface area (Å²) in [6, 6.07) is 85.2. The fourth-order valence-electron chi connectivity index (χ4n) is 9.30. The van der Waals surface area contributed by atoms with Crippen molar-refractivity contribution in [2.24, 2.45) is 0 Å². The first-order valence-electron chi connectivity index (χ1n) is 21.2. The second kappa shape index (κ2) is 14.8. The number of rotatable bonds is 7. The van der Waals surface area contributed by atoms with Gasteiger partial charge < -0.3 is 4.57 Å². The van der Waals surface area contributed by atoms with Crippen LogP contribution in [-0.4, -0.2) is 14.1 Å². The lowest BCUT2D eigenvalue weighted by molar-refractivity contribution is 1.08. The van der Waals surface area contributed by atoms with Gasteiger partial charge in [-0.3, -0.25) is 4.57 Å². The van der Waals surface area contributed by atoms with E-state index in [1.807, 2.05) is 0 Å². The monoisotopic (exact) mass is 789 g/mol. The third kappa shape index (κ3) is 6.10. The van der Waals surface area contributed by atoms with Crippen molar-refractivity contribution in [3.8, 4) is 67.3 Å². The standard InChI is InChI=1S/C59H39N3/c1-4-14-40(15-5-1)42-24-26-43(27-25-42)44-28-32-49(33-29-44)61-55-22-12-10-20-50(55)52-34-30-46(37-57(52)61)47-31-35-53-51-21-11-13-23-56(51)62(58(53)38-47)59-39-48(41-16-6-2-7-17-41)36-54(60-59)45-18-8-3-9-19-45/h1-39H. The van der Waals surface area contributed by atoms with E-state index in [0.717, 1.165) is 56.0 Å². The quantitative estimate of drug-likeness (QED) is 0.158. The van der Waals surface area contributed by atoms with Crippen LogP contribution in [0.2, 0.25) is 0 Å². The van der Waals surface area contributed by atoms with Crippen molar-refractivity contribution in [2.45, 2.75) is 0 Å². The molecule has 9 aromatic carbocycles. The molecular formula is C59H39N3. The molecule has 0 radical (unpaired) electrons. The molecule has 0 atom stereocenters. The van der Waals surface area contributed by atoms with Crippen LogP contribution < -0.4 is 0 Å². The molecule has 62 heavy (non-hydrogen) atoms. The maximum absolute atomic E-state index is 5.39. The molecule has 12 rings (SSSR count). The maximum atomic E-state index is 5.39. The molecule has 0 aliphatic rings. The number of fused-ring (bicyclic) bond motifs is 6. The van der Waals surface area contributed by atoms with Crippen LogP contribution in [0.25, 0.3) is 111 Å². The number of nitrogens with zero attached hydrogens (tertiary/aromatic N) is 3. The van der Waals surface area contributed by atoms with E-state index in [0.29, 0.717) is 0 Å². The Labute approximate surface area is 360 Å². The first-order valence-corrected chi connectivity index (χ1v) is 21.2. The number of hydrogen-bond acceptors (Lipinski definition) is 1. The normalized spacial score (nSPS) is 11.5. The molecule has 0 N–H and O–H groups in total. The Kier molecular flexibility index (Phi) is 8.50. The van der Waals surface area contributed by atoms with E-state index in [1.54, 1.807) is 0 Å². The van der Waals surface area contributed by atoms with Gasteiger partial charge in [-0.05, 0) is 93.0 Å². The van der Waals surface area contributed by atoms with Crippen LogP contribution in [0.4, 0.5) is 0 Å². The molecule has 3 heterocycles. The third-order valence-electron chi connectivity index (χ3n) is 12.3. The lowest BCUT2D eigenvalue weighted by atomic mass is 10.00. The molecule has 12 aromatic rings. The van der Waals surface area contributed by atoms with E-state index in [1.165, 1.54) is 54.8 Å². The lowest BCUT2D eigenvalue weighted by Crippen LogP contribution is -2.00. The molecule has 0 amide bonds. The summed E-state index contributed by atoms with van der Waals surface area (Å²) >= 11 is 0. The molecular weight excluding hydrogens is 751 g/mol. The summed E-state index contributed by atoms with van der Waals surface area (Å²) in [5.41, 5.74) is 17.2. The van der Waals surface area contributed by atoms with Gasteiger partial charge >= 0.3 is 0 Å². The molecule has 3 nitrogen and oxygen atoms in total. The van der Waals surface area contributed by atoms with Crippen LogP contribution in [0.15, 0.2) is 237 Å². The molecule has 290 valence electrons. The fraction of sp³-hybridized carbons (Fsp3) is 0. The van der Waals surface area contributed by atoms with Gasteiger partial charge in [0.15, 0.2) is 0 Å². The Morgan fingerprint density at radius 1 is 0.242 bits per heavy atom. The largest absolute Gasteiger partial charge is 0.309 e. The van der Waals surface area contributed by atoms with Crippen molar-refractivity contribution in [1.29, 1.82) is 0 Å². The number of hydrogen-bond donors (Lipinski definition) is 0. The summed E-state index contributed by atoms with van der Waals surface area (Å²) in [6.45, 7) is 0. The van der Waals surface area contributed by atoms with Crippen molar-refractivity contribution < 1.29 is 0 Å². The van der Waals surface area contributed by atoms with Gasteiger partial charge in [0.1, 0.15) is 5.82 Å². The SMILES string of the molecule is c1ccc(-c2ccc(-c3ccc(-n4c5ccccc5c5ccc(-c6ccc7c8ccccc8n(-c8cc(-c9ccccc9)cc(-c9ccccc9)n8)c7c6)cc54)cc3)cc2)cc1. The van der Waals surface area contributed by atoms with E-state index >= 15 is 0 Å². The Balaban J connectivity index is 0.990.